The molecule has 0 unspecified atom stereocenters. The van der Waals surface area contributed by atoms with Gasteiger partial charge in [0.05, 0.1) is 17.4 Å². The van der Waals surface area contributed by atoms with Crippen LogP contribution in [0, 0.1) is 40.4 Å². The van der Waals surface area contributed by atoms with Gasteiger partial charge in [-0.3, -0.25) is 4.79 Å². The number of rotatable bonds is 0. The van der Waals surface area contributed by atoms with Crippen molar-refractivity contribution in [2.75, 3.05) is 0 Å². The van der Waals surface area contributed by atoms with E-state index >= 15 is 0 Å². The number of allylic oxidation sites excluding steroid dienone is 3. The van der Waals surface area contributed by atoms with Crippen molar-refractivity contribution < 1.29 is 29.0 Å². The average molecular weight is 495 g/mol. The molecule has 4 aliphatic carbocycles. The lowest BCUT2D eigenvalue weighted by Crippen LogP contribution is -2.46. The summed E-state index contributed by atoms with van der Waals surface area (Å²) in [5.41, 5.74) is 1.89. The van der Waals surface area contributed by atoms with Crippen molar-refractivity contribution in [1.82, 2.24) is 0 Å². The van der Waals surface area contributed by atoms with Crippen LogP contribution in [0.3, 0.4) is 0 Å². The maximum Gasteiger partial charge on any atom is 0.334 e. The van der Waals surface area contributed by atoms with E-state index in [1.165, 1.54) is 19.3 Å². The van der Waals surface area contributed by atoms with Crippen LogP contribution in [-0.4, -0.2) is 41.1 Å². The van der Waals surface area contributed by atoms with Crippen molar-refractivity contribution in [1.29, 1.82) is 0 Å². The van der Waals surface area contributed by atoms with Crippen LogP contribution in [0.4, 0.5) is 0 Å². The van der Waals surface area contributed by atoms with Gasteiger partial charge in [-0.25, -0.2) is 9.59 Å². The summed E-state index contributed by atoms with van der Waals surface area (Å²) in [7, 11) is 0. The second kappa shape index (κ2) is 8.54. The van der Waals surface area contributed by atoms with Crippen LogP contribution < -0.4 is 0 Å². The Morgan fingerprint density at radius 2 is 1.69 bits per heavy atom. The van der Waals surface area contributed by atoms with E-state index in [0.717, 1.165) is 6.42 Å². The Morgan fingerprint density at radius 1 is 1.03 bits per heavy atom. The minimum Gasteiger partial charge on any atom is -0.458 e. The average Bonchev–Trinajstić information content (AvgIpc) is 3.36. The van der Waals surface area contributed by atoms with Gasteiger partial charge in [-0.2, -0.15) is 0 Å². The molecule has 4 fully saturated rings. The van der Waals surface area contributed by atoms with Gasteiger partial charge in [-0.05, 0) is 61.9 Å². The van der Waals surface area contributed by atoms with Crippen molar-refractivity contribution in [3.05, 3.63) is 48.1 Å². The Hall–Kier alpha value is -2.47. The fourth-order valence-corrected chi connectivity index (χ4v) is 7.92. The summed E-state index contributed by atoms with van der Waals surface area (Å²) >= 11 is 0. The van der Waals surface area contributed by atoms with Crippen molar-refractivity contribution in [3.8, 4) is 0 Å². The molecule has 6 aliphatic rings. The first-order valence-corrected chi connectivity index (χ1v) is 13.3. The molecule has 36 heavy (non-hydrogen) atoms. The van der Waals surface area contributed by atoms with E-state index in [1.54, 1.807) is 18.6 Å². The van der Waals surface area contributed by atoms with E-state index in [1.807, 2.05) is 13.0 Å². The Labute approximate surface area is 213 Å². The largest absolute Gasteiger partial charge is 0.458 e. The summed E-state index contributed by atoms with van der Waals surface area (Å²) in [6.45, 7) is 16.1. The smallest absolute Gasteiger partial charge is 0.334 e. The summed E-state index contributed by atoms with van der Waals surface area (Å²) < 4.78 is 10.8. The van der Waals surface area contributed by atoms with Gasteiger partial charge in [0.15, 0.2) is 5.78 Å². The summed E-state index contributed by atoms with van der Waals surface area (Å²) in [5, 5.41) is 10.7. The van der Waals surface area contributed by atoms with E-state index < -0.39 is 23.4 Å². The highest BCUT2D eigenvalue weighted by molar-refractivity contribution is 5.99. The van der Waals surface area contributed by atoms with Gasteiger partial charge in [0.1, 0.15) is 12.2 Å². The quantitative estimate of drug-likeness (QED) is 0.303. The summed E-state index contributed by atoms with van der Waals surface area (Å²) in [6.07, 6.45) is 9.97. The molecule has 0 aromatic rings. The van der Waals surface area contributed by atoms with Crippen LogP contribution in [0.5, 0.6) is 0 Å². The fraction of sp³-hybridized carbons (Fsp3) is 0.633. The van der Waals surface area contributed by atoms with Gasteiger partial charge in [-0.1, -0.05) is 58.1 Å². The zero-order valence-corrected chi connectivity index (χ0v) is 21.8. The standard InChI is InChI=1S/C15H18O4.C15H20O2/c1-7-6-10-12(8(2)14(18)19-10)13(17)15(3)9(7)4-5-11(15)16;1-9-5-4-6-15(3)8-13-11(7-12(9)15)10(2)14(16)17-13/h4-5,7,9-10,12-13,17H,2,6H2,1,3H3;7,9,11,13H,2,4-6,8H2,1,3H3/t7-,9+,10-,12-,13+,15+;9-,11+,13+,15+/m10/s1. The second-order valence-corrected chi connectivity index (χ2v) is 12.4. The van der Waals surface area contributed by atoms with E-state index in [0.29, 0.717) is 23.5 Å². The first kappa shape index (κ1) is 25.2. The fourth-order valence-electron chi connectivity index (χ4n) is 7.92. The van der Waals surface area contributed by atoms with Gasteiger partial charge >= 0.3 is 11.9 Å². The third kappa shape index (κ3) is 3.59. The highest BCUT2D eigenvalue weighted by atomic mass is 16.6. The maximum absolute atomic E-state index is 12.2. The molecular formula is C30H38O6. The van der Waals surface area contributed by atoms with Gasteiger partial charge < -0.3 is 14.6 Å². The van der Waals surface area contributed by atoms with Gasteiger partial charge in [0, 0.05) is 17.1 Å². The van der Waals surface area contributed by atoms with Crippen LogP contribution >= 0.6 is 0 Å². The Kier molecular flexibility index (Phi) is 5.98. The second-order valence-electron chi connectivity index (χ2n) is 12.4. The van der Waals surface area contributed by atoms with Crippen molar-refractivity contribution in [3.63, 3.8) is 0 Å². The lowest BCUT2D eigenvalue weighted by atomic mass is 9.60. The molecule has 0 aromatic heterocycles. The molecule has 0 aromatic carbocycles. The predicted molar refractivity (Wildman–Crippen MR) is 134 cm³/mol. The molecule has 0 bridgehead atoms. The number of esters is 2. The molecule has 6 rings (SSSR count). The van der Waals surface area contributed by atoms with E-state index in [9.17, 15) is 19.5 Å². The number of carbonyl (C=O) groups is 3. The summed E-state index contributed by atoms with van der Waals surface area (Å²) in [6, 6.07) is 0. The zero-order chi connectivity index (χ0) is 26.2. The SMILES string of the molecule is C=C1C(=O)O[C@@H]2C[C@@H](C)[C@@H]3C=CC(=O)[C@@]3(C)[C@@H](O)[C@H]12.C=C1C(=O)O[C@@H]2C[C@@]3(C)CCC[C@H](C)C3=C[C@H]12. The molecule has 1 N–H and O–H groups in total. The van der Waals surface area contributed by atoms with Crippen molar-refractivity contribution in [2.24, 2.45) is 40.4 Å². The monoisotopic (exact) mass is 494 g/mol. The maximum atomic E-state index is 12.2. The molecule has 2 saturated carbocycles. The normalized spacial score (nSPS) is 46.9. The number of carbonyl (C=O) groups excluding carboxylic acids is 3. The molecule has 6 heteroatoms. The Balaban J connectivity index is 0.000000149. The third-order valence-corrected chi connectivity index (χ3v) is 10.1. The van der Waals surface area contributed by atoms with Crippen LogP contribution in [0.25, 0.3) is 0 Å². The number of hydrogen-bond acceptors (Lipinski definition) is 6. The number of aliphatic hydroxyl groups is 1. The first-order chi connectivity index (χ1) is 16.9. The lowest BCUT2D eigenvalue weighted by Gasteiger charge is -2.45. The van der Waals surface area contributed by atoms with Crippen LogP contribution in [0.1, 0.15) is 59.8 Å². The number of ketones is 1. The topological polar surface area (TPSA) is 89.9 Å². The number of ether oxygens (including phenoxy) is 2. The third-order valence-electron chi connectivity index (χ3n) is 10.1. The number of hydrogen-bond donors (Lipinski definition) is 1. The first-order valence-electron chi connectivity index (χ1n) is 13.3. The van der Waals surface area contributed by atoms with E-state index in [4.69, 9.17) is 9.47 Å². The molecule has 2 aliphatic heterocycles. The molecule has 0 spiro atoms. The van der Waals surface area contributed by atoms with E-state index in [2.05, 4.69) is 33.1 Å². The molecule has 0 radical (unpaired) electrons. The van der Waals surface area contributed by atoms with Crippen molar-refractivity contribution in [2.45, 2.75) is 78.1 Å². The Morgan fingerprint density at radius 3 is 2.42 bits per heavy atom. The van der Waals surface area contributed by atoms with Crippen LogP contribution in [0.2, 0.25) is 0 Å². The van der Waals surface area contributed by atoms with Gasteiger partial charge in [-0.15, -0.1) is 0 Å². The minimum absolute atomic E-state index is 0.00731. The summed E-state index contributed by atoms with van der Waals surface area (Å²) in [4.78, 5) is 35.4. The summed E-state index contributed by atoms with van der Waals surface area (Å²) in [5.74, 6) is -0.195. The molecule has 194 valence electrons. The van der Waals surface area contributed by atoms with Gasteiger partial charge in [0.2, 0.25) is 0 Å². The molecule has 0 amide bonds. The Bertz CT molecular complexity index is 1100. The molecule has 10 atom stereocenters. The highest BCUT2D eigenvalue weighted by Crippen LogP contribution is 2.54. The molecule has 2 heterocycles. The van der Waals surface area contributed by atoms with Gasteiger partial charge in [0.25, 0.3) is 0 Å². The lowest BCUT2D eigenvalue weighted by molar-refractivity contribution is -0.141. The van der Waals surface area contributed by atoms with Crippen LogP contribution in [0.15, 0.2) is 48.1 Å². The minimum atomic E-state index is -0.922. The molecule has 6 nitrogen and oxygen atoms in total. The molecular weight excluding hydrogens is 456 g/mol. The zero-order valence-electron chi connectivity index (χ0n) is 21.8. The van der Waals surface area contributed by atoms with Crippen LogP contribution in [-0.2, 0) is 23.9 Å². The van der Waals surface area contributed by atoms with E-state index in [-0.39, 0.29) is 47.1 Å². The molecule has 2 saturated heterocycles. The van der Waals surface area contributed by atoms with Crippen molar-refractivity contribution >= 4 is 17.7 Å². The number of aliphatic hydroxyl groups excluding tert-OH is 1. The number of fused-ring (bicyclic) bond motifs is 4. The highest BCUT2D eigenvalue weighted by Gasteiger charge is 2.59. The predicted octanol–water partition coefficient (Wildman–Crippen LogP) is 4.49.